The van der Waals surface area contributed by atoms with Crippen molar-refractivity contribution in [3.05, 3.63) is 95.8 Å². The van der Waals surface area contributed by atoms with E-state index in [1.165, 1.54) is 5.56 Å². The third-order valence-corrected chi connectivity index (χ3v) is 4.26. The number of aliphatic hydroxyl groups excluding tert-OH is 1. The predicted molar refractivity (Wildman–Crippen MR) is 95.9 cm³/mol. The van der Waals surface area contributed by atoms with Crippen molar-refractivity contribution in [1.82, 2.24) is 9.38 Å². The minimum atomic E-state index is -0.747. The number of imidazole rings is 1. The van der Waals surface area contributed by atoms with Crippen molar-refractivity contribution < 1.29 is 5.11 Å². The van der Waals surface area contributed by atoms with Crippen molar-refractivity contribution in [2.45, 2.75) is 13.0 Å². The van der Waals surface area contributed by atoms with Gasteiger partial charge in [-0.15, -0.1) is 0 Å². The fraction of sp³-hybridized carbons (Fsp3) is 0.0952. The van der Waals surface area contributed by atoms with Gasteiger partial charge in [0, 0.05) is 11.8 Å². The molecule has 0 aliphatic rings. The molecule has 24 heavy (non-hydrogen) atoms. The molecule has 3 heteroatoms. The number of hydrogen-bond donors (Lipinski definition) is 1. The number of aliphatic hydroxyl groups is 1. The molecule has 1 unspecified atom stereocenters. The Kier molecular flexibility index (Phi) is 3.63. The van der Waals surface area contributed by atoms with Crippen molar-refractivity contribution in [3.8, 4) is 11.4 Å². The molecule has 4 aromatic rings. The van der Waals surface area contributed by atoms with Crippen molar-refractivity contribution in [1.29, 1.82) is 0 Å². The number of nitrogens with zero attached hydrogens (tertiary/aromatic N) is 2. The molecule has 0 spiro atoms. The van der Waals surface area contributed by atoms with Crippen LogP contribution in [0.25, 0.3) is 16.9 Å². The molecule has 0 aliphatic carbocycles. The predicted octanol–water partition coefficient (Wildman–Crippen LogP) is 4.39. The van der Waals surface area contributed by atoms with Gasteiger partial charge in [0.2, 0.25) is 0 Å². The highest BCUT2D eigenvalue weighted by Crippen LogP contribution is 2.29. The van der Waals surface area contributed by atoms with Crippen LogP contribution in [0.2, 0.25) is 0 Å². The van der Waals surface area contributed by atoms with Gasteiger partial charge in [0.1, 0.15) is 11.9 Å². The summed E-state index contributed by atoms with van der Waals surface area (Å²) in [6.45, 7) is 2.07. The smallest absolute Gasteiger partial charge is 0.144 e. The number of pyridine rings is 1. The highest BCUT2D eigenvalue weighted by molar-refractivity contribution is 5.66. The van der Waals surface area contributed by atoms with E-state index in [0.29, 0.717) is 5.69 Å². The number of hydrogen-bond acceptors (Lipinski definition) is 2. The third kappa shape index (κ3) is 2.49. The van der Waals surface area contributed by atoms with E-state index in [1.54, 1.807) is 0 Å². The molecule has 0 amide bonds. The normalized spacial score (nSPS) is 12.4. The first-order valence-electron chi connectivity index (χ1n) is 8.01. The zero-order chi connectivity index (χ0) is 16.5. The van der Waals surface area contributed by atoms with Gasteiger partial charge >= 0.3 is 0 Å². The molecule has 0 saturated heterocycles. The quantitative estimate of drug-likeness (QED) is 0.609. The zero-order valence-corrected chi connectivity index (χ0v) is 13.4. The van der Waals surface area contributed by atoms with Gasteiger partial charge in [0.15, 0.2) is 0 Å². The van der Waals surface area contributed by atoms with Crippen LogP contribution in [0.15, 0.2) is 79.0 Å². The van der Waals surface area contributed by atoms with Gasteiger partial charge in [-0.05, 0) is 24.6 Å². The second-order valence-corrected chi connectivity index (χ2v) is 5.96. The first kappa shape index (κ1) is 14.7. The van der Waals surface area contributed by atoms with Crippen LogP contribution in [0.3, 0.4) is 0 Å². The lowest BCUT2D eigenvalue weighted by molar-refractivity contribution is 0.217. The van der Waals surface area contributed by atoms with Gasteiger partial charge in [0.25, 0.3) is 0 Å². The Balaban J connectivity index is 1.90. The maximum absolute atomic E-state index is 10.8. The van der Waals surface area contributed by atoms with Crippen molar-refractivity contribution >= 4 is 5.52 Å². The second kappa shape index (κ2) is 5.95. The fourth-order valence-corrected chi connectivity index (χ4v) is 2.96. The van der Waals surface area contributed by atoms with Gasteiger partial charge < -0.3 is 5.11 Å². The Bertz CT molecular complexity index is 972. The Labute approximate surface area is 140 Å². The molecular weight excluding hydrogens is 296 g/mol. The van der Waals surface area contributed by atoms with E-state index in [4.69, 9.17) is 4.98 Å². The number of rotatable bonds is 3. The van der Waals surface area contributed by atoms with Gasteiger partial charge in [-0.1, -0.05) is 66.2 Å². The number of benzene rings is 2. The van der Waals surface area contributed by atoms with Crippen LogP contribution in [0.1, 0.15) is 22.9 Å². The minimum absolute atomic E-state index is 0.678. The fourth-order valence-electron chi connectivity index (χ4n) is 2.96. The molecule has 2 aromatic carbocycles. The van der Waals surface area contributed by atoms with Gasteiger partial charge in [-0.3, -0.25) is 4.40 Å². The summed E-state index contributed by atoms with van der Waals surface area (Å²) >= 11 is 0. The summed E-state index contributed by atoms with van der Waals surface area (Å²) in [4.78, 5) is 4.78. The SMILES string of the molecule is Cc1ccc(-c2nc(C(O)c3ccccc3)c3ccccn23)cc1. The van der Waals surface area contributed by atoms with Crippen LogP contribution in [0.5, 0.6) is 0 Å². The monoisotopic (exact) mass is 314 g/mol. The topological polar surface area (TPSA) is 37.5 Å². The molecule has 3 nitrogen and oxygen atoms in total. The van der Waals surface area contributed by atoms with E-state index in [-0.39, 0.29) is 0 Å². The Morgan fingerprint density at radius 2 is 1.58 bits per heavy atom. The summed E-state index contributed by atoms with van der Waals surface area (Å²) in [7, 11) is 0. The Morgan fingerprint density at radius 1 is 0.875 bits per heavy atom. The third-order valence-electron chi connectivity index (χ3n) is 4.26. The van der Waals surface area contributed by atoms with Crippen LogP contribution >= 0.6 is 0 Å². The molecule has 118 valence electrons. The highest BCUT2D eigenvalue weighted by atomic mass is 16.3. The van der Waals surface area contributed by atoms with E-state index in [2.05, 4.69) is 31.2 Å². The second-order valence-electron chi connectivity index (χ2n) is 5.96. The summed E-state index contributed by atoms with van der Waals surface area (Å²) in [5.41, 5.74) is 4.69. The van der Waals surface area contributed by atoms with Gasteiger partial charge in [-0.2, -0.15) is 0 Å². The van der Waals surface area contributed by atoms with E-state index in [9.17, 15) is 5.11 Å². The lowest BCUT2D eigenvalue weighted by atomic mass is 10.1. The van der Waals surface area contributed by atoms with Gasteiger partial charge in [0.05, 0.1) is 11.2 Å². The summed E-state index contributed by atoms with van der Waals surface area (Å²) < 4.78 is 2.03. The van der Waals surface area contributed by atoms with Crippen molar-refractivity contribution in [2.75, 3.05) is 0 Å². The van der Waals surface area contributed by atoms with E-state index < -0.39 is 6.10 Å². The number of aryl methyl sites for hydroxylation is 1. The summed E-state index contributed by atoms with van der Waals surface area (Å²) in [5.74, 6) is 0.843. The van der Waals surface area contributed by atoms with E-state index in [1.807, 2.05) is 59.1 Å². The maximum atomic E-state index is 10.8. The molecule has 0 bridgehead atoms. The van der Waals surface area contributed by atoms with E-state index in [0.717, 1.165) is 22.5 Å². The molecule has 0 aliphatic heterocycles. The molecule has 1 atom stereocenters. The average molecular weight is 314 g/mol. The first-order valence-corrected chi connectivity index (χ1v) is 8.01. The van der Waals surface area contributed by atoms with Crippen molar-refractivity contribution in [2.24, 2.45) is 0 Å². The molecule has 0 fully saturated rings. The lowest BCUT2D eigenvalue weighted by Gasteiger charge is -2.08. The Hall–Kier alpha value is -2.91. The van der Waals surface area contributed by atoms with Crippen LogP contribution < -0.4 is 0 Å². The van der Waals surface area contributed by atoms with Crippen LogP contribution in [-0.4, -0.2) is 14.5 Å². The number of aromatic nitrogens is 2. The lowest BCUT2D eigenvalue weighted by Crippen LogP contribution is -2.00. The van der Waals surface area contributed by atoms with Gasteiger partial charge in [-0.25, -0.2) is 4.98 Å². The Morgan fingerprint density at radius 3 is 2.33 bits per heavy atom. The molecule has 2 heterocycles. The van der Waals surface area contributed by atoms with Crippen molar-refractivity contribution in [3.63, 3.8) is 0 Å². The molecule has 0 saturated carbocycles. The molecule has 0 radical (unpaired) electrons. The van der Waals surface area contributed by atoms with Crippen LogP contribution in [0, 0.1) is 6.92 Å². The van der Waals surface area contributed by atoms with Crippen LogP contribution in [-0.2, 0) is 0 Å². The first-order chi connectivity index (χ1) is 11.7. The zero-order valence-electron chi connectivity index (χ0n) is 13.4. The highest BCUT2D eigenvalue weighted by Gasteiger charge is 2.19. The standard InChI is InChI=1S/C21H18N2O/c1-15-10-12-17(13-11-15)21-22-19(18-9-5-6-14-23(18)21)20(24)16-7-3-2-4-8-16/h2-14,20,24H,1H3. The van der Waals surface area contributed by atoms with E-state index >= 15 is 0 Å². The molecular formula is C21H18N2O. The number of fused-ring (bicyclic) bond motifs is 1. The summed E-state index contributed by atoms with van der Waals surface area (Å²) in [6, 6.07) is 23.9. The largest absolute Gasteiger partial charge is 0.382 e. The summed E-state index contributed by atoms with van der Waals surface area (Å²) in [6.07, 6.45) is 1.24. The maximum Gasteiger partial charge on any atom is 0.144 e. The molecule has 2 aromatic heterocycles. The summed E-state index contributed by atoms with van der Waals surface area (Å²) in [5, 5.41) is 10.8. The average Bonchev–Trinajstić information content (AvgIpc) is 3.02. The minimum Gasteiger partial charge on any atom is -0.382 e. The molecule has 4 rings (SSSR count). The van der Waals surface area contributed by atoms with Crippen LogP contribution in [0.4, 0.5) is 0 Å². The molecule has 1 N–H and O–H groups in total.